The van der Waals surface area contributed by atoms with Gasteiger partial charge in [0.2, 0.25) is 5.91 Å². The molecule has 2 N–H and O–H groups in total. The number of ether oxygens (including phenoxy) is 1. The Kier molecular flexibility index (Phi) is 6.81. The summed E-state index contributed by atoms with van der Waals surface area (Å²) in [6.45, 7) is 2.29. The van der Waals surface area contributed by atoms with Crippen molar-refractivity contribution in [1.29, 1.82) is 0 Å². The number of thiazole rings is 1. The first kappa shape index (κ1) is 19.4. The number of aryl methyl sites for hydroxylation is 1. The number of aromatic nitrogens is 1. The fourth-order valence-electron chi connectivity index (χ4n) is 3.15. The number of nitrogens with zero attached hydrogens (tertiary/aromatic N) is 1. The van der Waals surface area contributed by atoms with Gasteiger partial charge in [-0.25, -0.2) is 4.98 Å². The molecule has 2 aromatic rings. The van der Waals surface area contributed by atoms with Gasteiger partial charge in [-0.05, 0) is 38.0 Å². The van der Waals surface area contributed by atoms with Crippen LogP contribution in [0.5, 0.6) is 5.75 Å². The Morgan fingerprint density at radius 2 is 2.07 bits per heavy atom. The molecule has 1 heterocycles. The summed E-state index contributed by atoms with van der Waals surface area (Å²) < 4.78 is 5.71. The van der Waals surface area contributed by atoms with Crippen LogP contribution < -0.4 is 15.4 Å². The molecule has 1 aliphatic rings. The zero-order chi connectivity index (χ0) is 19.1. The molecule has 0 radical (unpaired) electrons. The van der Waals surface area contributed by atoms with Crippen LogP contribution in [0.1, 0.15) is 53.2 Å². The molecule has 1 fully saturated rings. The zero-order valence-electron chi connectivity index (χ0n) is 15.5. The third-order valence-electron chi connectivity index (χ3n) is 4.53. The predicted octanol–water partition coefficient (Wildman–Crippen LogP) is 3.21. The van der Waals surface area contributed by atoms with Crippen molar-refractivity contribution in [2.24, 2.45) is 0 Å². The summed E-state index contributed by atoms with van der Waals surface area (Å²) in [5.74, 6) is 0.172. The summed E-state index contributed by atoms with van der Waals surface area (Å²) in [6.07, 6.45) is 5.61. The summed E-state index contributed by atoms with van der Waals surface area (Å²) in [5.41, 5.74) is 1.33. The average Bonchev–Trinajstić information content (AvgIpc) is 3.11. The van der Waals surface area contributed by atoms with Gasteiger partial charge in [-0.3, -0.25) is 9.59 Å². The third kappa shape index (κ3) is 6.06. The highest BCUT2D eigenvalue weighted by atomic mass is 32.1. The lowest BCUT2D eigenvalue weighted by molar-refractivity contribution is -0.121. The highest BCUT2D eigenvalue weighted by molar-refractivity contribution is 7.09. The quantitative estimate of drug-likeness (QED) is 0.764. The Hall–Kier alpha value is -2.41. The number of benzene rings is 1. The van der Waals surface area contributed by atoms with Crippen molar-refractivity contribution in [1.82, 2.24) is 15.6 Å². The Morgan fingerprint density at radius 3 is 2.81 bits per heavy atom. The van der Waals surface area contributed by atoms with E-state index in [0.717, 1.165) is 36.4 Å². The first-order valence-corrected chi connectivity index (χ1v) is 10.2. The van der Waals surface area contributed by atoms with Crippen LogP contribution in [-0.4, -0.2) is 29.4 Å². The minimum Gasteiger partial charge on any atom is -0.487 e. The van der Waals surface area contributed by atoms with Crippen LogP contribution in [0.25, 0.3) is 0 Å². The summed E-state index contributed by atoms with van der Waals surface area (Å²) in [6, 6.07) is 7.18. The lowest BCUT2D eigenvalue weighted by Crippen LogP contribution is -2.42. The molecule has 0 spiro atoms. The van der Waals surface area contributed by atoms with Crippen molar-refractivity contribution in [2.75, 3.05) is 6.54 Å². The first-order chi connectivity index (χ1) is 13.1. The van der Waals surface area contributed by atoms with Gasteiger partial charge in [0.25, 0.3) is 5.91 Å². The fourth-order valence-corrected chi connectivity index (χ4v) is 3.74. The Morgan fingerprint density at radius 1 is 1.26 bits per heavy atom. The van der Waals surface area contributed by atoms with Gasteiger partial charge < -0.3 is 15.4 Å². The Labute approximate surface area is 163 Å². The van der Waals surface area contributed by atoms with E-state index in [2.05, 4.69) is 15.6 Å². The van der Waals surface area contributed by atoms with Crippen LogP contribution in [-0.2, 0) is 11.4 Å². The van der Waals surface area contributed by atoms with Gasteiger partial charge in [-0.15, -0.1) is 11.3 Å². The molecule has 0 unspecified atom stereocenters. The SMILES string of the molecule is Cc1nc(COc2cccc(C(=O)NCC(=O)NC3CCCCC3)c2)cs1. The summed E-state index contributed by atoms with van der Waals surface area (Å²) >= 11 is 1.58. The van der Waals surface area contributed by atoms with Crippen LogP contribution in [0.2, 0.25) is 0 Å². The van der Waals surface area contributed by atoms with Crippen LogP contribution in [0.15, 0.2) is 29.6 Å². The van der Waals surface area contributed by atoms with Gasteiger partial charge in [0.05, 0.1) is 17.2 Å². The summed E-state index contributed by atoms with van der Waals surface area (Å²) in [4.78, 5) is 28.7. The molecule has 27 heavy (non-hydrogen) atoms. The molecule has 6 nitrogen and oxygen atoms in total. The lowest BCUT2D eigenvalue weighted by atomic mass is 9.95. The van der Waals surface area contributed by atoms with Crippen LogP contribution in [0, 0.1) is 6.92 Å². The van der Waals surface area contributed by atoms with Crippen molar-refractivity contribution in [3.8, 4) is 5.75 Å². The molecule has 0 bridgehead atoms. The minimum absolute atomic E-state index is 0.0154. The molecule has 1 aromatic carbocycles. The molecular weight excluding hydrogens is 362 g/mol. The fraction of sp³-hybridized carbons (Fsp3) is 0.450. The molecule has 0 atom stereocenters. The number of amides is 2. The average molecular weight is 388 g/mol. The van der Waals surface area contributed by atoms with Gasteiger partial charge in [0.15, 0.2) is 0 Å². The standard InChI is InChI=1S/C20H25N3O3S/c1-14-22-17(13-27-14)12-26-18-9-5-6-15(10-18)20(25)21-11-19(24)23-16-7-3-2-4-8-16/h5-6,9-10,13,16H,2-4,7-8,11-12H2,1H3,(H,21,25)(H,23,24). The summed E-state index contributed by atoms with van der Waals surface area (Å²) in [7, 11) is 0. The molecular formula is C20H25N3O3S. The lowest BCUT2D eigenvalue weighted by Gasteiger charge is -2.22. The van der Waals surface area contributed by atoms with Crippen molar-refractivity contribution in [3.63, 3.8) is 0 Å². The molecule has 144 valence electrons. The molecule has 0 saturated heterocycles. The number of nitrogens with one attached hydrogen (secondary N) is 2. The van der Waals surface area contributed by atoms with E-state index in [-0.39, 0.29) is 24.4 Å². The molecule has 1 saturated carbocycles. The predicted molar refractivity (Wildman–Crippen MR) is 105 cm³/mol. The maximum absolute atomic E-state index is 12.3. The van der Waals surface area contributed by atoms with Gasteiger partial charge in [-0.2, -0.15) is 0 Å². The van der Waals surface area contributed by atoms with Crippen molar-refractivity contribution >= 4 is 23.2 Å². The molecule has 1 aliphatic carbocycles. The van der Waals surface area contributed by atoms with E-state index >= 15 is 0 Å². The second-order valence-electron chi connectivity index (χ2n) is 6.76. The van der Waals surface area contributed by atoms with Gasteiger partial charge in [0.1, 0.15) is 12.4 Å². The number of hydrogen-bond donors (Lipinski definition) is 2. The molecule has 7 heteroatoms. The largest absolute Gasteiger partial charge is 0.487 e. The minimum atomic E-state index is -0.288. The molecule has 3 rings (SSSR count). The highest BCUT2D eigenvalue weighted by Crippen LogP contribution is 2.18. The normalized spacial score (nSPS) is 14.6. The van der Waals surface area contributed by atoms with E-state index in [1.807, 2.05) is 12.3 Å². The van der Waals surface area contributed by atoms with Crippen LogP contribution in [0.4, 0.5) is 0 Å². The number of carbonyl (C=O) groups excluding carboxylic acids is 2. The van der Waals surface area contributed by atoms with E-state index in [0.29, 0.717) is 17.9 Å². The monoisotopic (exact) mass is 387 g/mol. The maximum atomic E-state index is 12.3. The third-order valence-corrected chi connectivity index (χ3v) is 5.35. The van der Waals surface area contributed by atoms with E-state index in [1.165, 1.54) is 6.42 Å². The zero-order valence-corrected chi connectivity index (χ0v) is 16.3. The van der Waals surface area contributed by atoms with E-state index < -0.39 is 0 Å². The van der Waals surface area contributed by atoms with Crippen molar-refractivity contribution < 1.29 is 14.3 Å². The first-order valence-electron chi connectivity index (χ1n) is 9.31. The smallest absolute Gasteiger partial charge is 0.251 e. The molecule has 1 aromatic heterocycles. The summed E-state index contributed by atoms with van der Waals surface area (Å²) in [5, 5.41) is 8.62. The number of carbonyl (C=O) groups is 2. The van der Waals surface area contributed by atoms with Gasteiger partial charge >= 0.3 is 0 Å². The van der Waals surface area contributed by atoms with Crippen molar-refractivity contribution in [3.05, 3.63) is 45.9 Å². The second kappa shape index (κ2) is 9.50. The van der Waals surface area contributed by atoms with E-state index in [9.17, 15) is 9.59 Å². The Balaban J connectivity index is 1.46. The molecule has 0 aliphatic heterocycles. The Bertz CT molecular complexity index is 784. The van der Waals surface area contributed by atoms with Gasteiger partial charge in [-0.1, -0.05) is 25.3 Å². The van der Waals surface area contributed by atoms with Gasteiger partial charge in [0, 0.05) is 17.0 Å². The van der Waals surface area contributed by atoms with E-state index in [1.54, 1.807) is 35.6 Å². The highest BCUT2D eigenvalue weighted by Gasteiger charge is 2.16. The number of rotatable bonds is 7. The van der Waals surface area contributed by atoms with Crippen molar-refractivity contribution in [2.45, 2.75) is 51.7 Å². The molecule has 2 amide bonds. The van der Waals surface area contributed by atoms with Crippen LogP contribution in [0.3, 0.4) is 0 Å². The second-order valence-corrected chi connectivity index (χ2v) is 7.82. The topological polar surface area (TPSA) is 80.3 Å². The number of hydrogen-bond acceptors (Lipinski definition) is 5. The van der Waals surface area contributed by atoms with E-state index in [4.69, 9.17) is 4.74 Å². The van der Waals surface area contributed by atoms with Crippen LogP contribution >= 0.6 is 11.3 Å². The maximum Gasteiger partial charge on any atom is 0.251 e.